The first-order chi connectivity index (χ1) is 5.79. The number of halogens is 1. The van der Waals surface area contributed by atoms with Gasteiger partial charge in [0, 0.05) is 23.1 Å². The second-order valence-electron chi connectivity index (χ2n) is 2.97. The van der Waals surface area contributed by atoms with Crippen molar-refractivity contribution in [1.29, 1.82) is 0 Å². The maximum atomic E-state index is 4.31. The lowest BCUT2D eigenvalue weighted by molar-refractivity contribution is 0.558. The third-order valence-corrected chi connectivity index (χ3v) is 2.68. The second-order valence-corrected chi connectivity index (χ2v) is 3.53. The number of hydrogen-bond donors (Lipinski definition) is 0. The zero-order chi connectivity index (χ0) is 8.97. The summed E-state index contributed by atoms with van der Waals surface area (Å²) < 4.78 is 2.08. The predicted molar refractivity (Wildman–Crippen MR) is 54.5 cm³/mol. The molecule has 0 saturated carbocycles. The van der Waals surface area contributed by atoms with Crippen LogP contribution in [-0.4, -0.2) is 9.78 Å². The maximum Gasteiger partial charge on any atom is 0.0533 e. The van der Waals surface area contributed by atoms with Crippen molar-refractivity contribution < 1.29 is 0 Å². The molecular formula is C9H15BrN2. The number of unbranched alkanes of at least 4 members (excludes halogenated alkanes) is 1. The van der Waals surface area contributed by atoms with Crippen LogP contribution in [-0.2, 0) is 11.9 Å². The Labute approximate surface area is 82.1 Å². The van der Waals surface area contributed by atoms with Gasteiger partial charge >= 0.3 is 0 Å². The van der Waals surface area contributed by atoms with E-state index >= 15 is 0 Å². The number of rotatable bonds is 4. The largest absolute Gasteiger partial charge is 0.270 e. The monoisotopic (exact) mass is 230 g/mol. The third-order valence-electron chi connectivity index (χ3n) is 2.07. The van der Waals surface area contributed by atoms with Crippen LogP contribution < -0.4 is 0 Å². The molecular weight excluding hydrogens is 216 g/mol. The van der Waals surface area contributed by atoms with Gasteiger partial charge in [-0.05, 0) is 13.3 Å². The van der Waals surface area contributed by atoms with Gasteiger partial charge in [-0.25, -0.2) is 0 Å². The molecule has 0 saturated heterocycles. The van der Waals surface area contributed by atoms with Crippen molar-refractivity contribution in [3.8, 4) is 0 Å². The van der Waals surface area contributed by atoms with Gasteiger partial charge < -0.3 is 0 Å². The van der Waals surface area contributed by atoms with Gasteiger partial charge in [0.1, 0.15) is 0 Å². The average Bonchev–Trinajstić information content (AvgIpc) is 2.43. The van der Waals surface area contributed by atoms with Crippen LogP contribution in [0.5, 0.6) is 0 Å². The van der Waals surface area contributed by atoms with Gasteiger partial charge in [0.05, 0.1) is 6.20 Å². The number of aryl methyl sites for hydroxylation is 1. The fourth-order valence-corrected chi connectivity index (χ4v) is 1.70. The Kier molecular flexibility index (Phi) is 3.79. The summed E-state index contributed by atoms with van der Waals surface area (Å²) in [4.78, 5) is 0. The van der Waals surface area contributed by atoms with E-state index in [1.165, 1.54) is 24.1 Å². The molecule has 0 aliphatic carbocycles. The van der Waals surface area contributed by atoms with E-state index in [0.717, 1.165) is 11.9 Å². The number of aromatic nitrogens is 2. The van der Waals surface area contributed by atoms with E-state index < -0.39 is 0 Å². The van der Waals surface area contributed by atoms with Gasteiger partial charge in [-0.3, -0.25) is 4.68 Å². The summed E-state index contributed by atoms with van der Waals surface area (Å²) in [6.45, 7) is 5.37. The summed E-state index contributed by atoms with van der Waals surface area (Å²) in [5.74, 6) is 0. The normalized spacial score (nSPS) is 10.6. The predicted octanol–water partition coefficient (Wildman–Crippen LogP) is 2.89. The quantitative estimate of drug-likeness (QED) is 0.728. The SMILES string of the molecule is CCCCn1ncc(CBr)c1C. The molecule has 0 fully saturated rings. The molecule has 0 amide bonds. The molecule has 1 heterocycles. The Bertz CT molecular complexity index is 243. The fraction of sp³-hybridized carbons (Fsp3) is 0.667. The van der Waals surface area contributed by atoms with E-state index in [2.05, 4.69) is 39.6 Å². The highest BCUT2D eigenvalue weighted by molar-refractivity contribution is 9.08. The van der Waals surface area contributed by atoms with Crippen LogP contribution in [0.25, 0.3) is 0 Å². The summed E-state index contributed by atoms with van der Waals surface area (Å²) >= 11 is 3.44. The van der Waals surface area contributed by atoms with Crippen LogP contribution in [0.3, 0.4) is 0 Å². The van der Waals surface area contributed by atoms with Crippen LogP contribution in [0.15, 0.2) is 6.20 Å². The molecule has 0 N–H and O–H groups in total. The summed E-state index contributed by atoms with van der Waals surface area (Å²) in [5, 5.41) is 5.22. The van der Waals surface area contributed by atoms with Crippen molar-refractivity contribution in [2.45, 2.75) is 38.6 Å². The van der Waals surface area contributed by atoms with Crippen LogP contribution in [0, 0.1) is 6.92 Å². The number of nitrogens with zero attached hydrogens (tertiary/aromatic N) is 2. The van der Waals surface area contributed by atoms with E-state index in [1.54, 1.807) is 0 Å². The molecule has 3 heteroatoms. The first kappa shape index (κ1) is 9.78. The van der Waals surface area contributed by atoms with Crippen LogP contribution in [0.2, 0.25) is 0 Å². The molecule has 0 aromatic carbocycles. The molecule has 2 nitrogen and oxygen atoms in total. The molecule has 0 atom stereocenters. The van der Waals surface area contributed by atoms with Gasteiger partial charge in [0.25, 0.3) is 0 Å². The van der Waals surface area contributed by atoms with Gasteiger partial charge in [-0.1, -0.05) is 29.3 Å². The highest BCUT2D eigenvalue weighted by atomic mass is 79.9. The third kappa shape index (κ3) is 2.09. The highest BCUT2D eigenvalue weighted by Gasteiger charge is 2.03. The van der Waals surface area contributed by atoms with Gasteiger partial charge in [0.2, 0.25) is 0 Å². The number of alkyl halides is 1. The smallest absolute Gasteiger partial charge is 0.0533 e. The molecule has 0 bridgehead atoms. The van der Waals surface area contributed by atoms with Gasteiger partial charge in [-0.15, -0.1) is 0 Å². The van der Waals surface area contributed by atoms with Crippen molar-refractivity contribution in [3.63, 3.8) is 0 Å². The van der Waals surface area contributed by atoms with Crippen molar-refractivity contribution in [1.82, 2.24) is 9.78 Å². The standard InChI is InChI=1S/C9H15BrN2/c1-3-4-5-12-8(2)9(6-10)7-11-12/h7H,3-6H2,1-2H3. The minimum atomic E-state index is 0.908. The maximum absolute atomic E-state index is 4.31. The molecule has 0 unspecified atom stereocenters. The zero-order valence-electron chi connectivity index (χ0n) is 7.68. The molecule has 0 radical (unpaired) electrons. The Morgan fingerprint density at radius 1 is 1.58 bits per heavy atom. The second kappa shape index (κ2) is 4.65. The molecule has 1 aromatic heterocycles. The fourth-order valence-electron chi connectivity index (χ4n) is 1.15. The minimum absolute atomic E-state index is 0.908. The molecule has 1 rings (SSSR count). The summed E-state index contributed by atoms with van der Waals surface area (Å²) in [6.07, 6.45) is 4.38. The molecule has 0 aliphatic rings. The van der Waals surface area contributed by atoms with Gasteiger partial charge in [0.15, 0.2) is 0 Å². The van der Waals surface area contributed by atoms with Crippen LogP contribution in [0.1, 0.15) is 31.0 Å². The lowest BCUT2D eigenvalue weighted by Crippen LogP contribution is -2.02. The summed E-state index contributed by atoms with van der Waals surface area (Å²) in [6, 6.07) is 0. The van der Waals surface area contributed by atoms with E-state index in [0.29, 0.717) is 0 Å². The van der Waals surface area contributed by atoms with E-state index in [-0.39, 0.29) is 0 Å². The van der Waals surface area contributed by atoms with Crippen molar-refractivity contribution in [2.75, 3.05) is 0 Å². The van der Waals surface area contributed by atoms with Crippen molar-refractivity contribution in [2.24, 2.45) is 0 Å². The van der Waals surface area contributed by atoms with E-state index in [1.807, 2.05) is 6.20 Å². The minimum Gasteiger partial charge on any atom is -0.270 e. The molecule has 0 aliphatic heterocycles. The van der Waals surface area contributed by atoms with Crippen LogP contribution >= 0.6 is 15.9 Å². The average molecular weight is 231 g/mol. The Morgan fingerprint density at radius 3 is 2.83 bits per heavy atom. The molecule has 1 aromatic rings. The lowest BCUT2D eigenvalue weighted by atomic mass is 10.3. The molecule has 0 spiro atoms. The van der Waals surface area contributed by atoms with Crippen molar-refractivity contribution in [3.05, 3.63) is 17.5 Å². The first-order valence-electron chi connectivity index (χ1n) is 4.36. The number of hydrogen-bond acceptors (Lipinski definition) is 1. The Hall–Kier alpha value is -0.310. The van der Waals surface area contributed by atoms with Crippen molar-refractivity contribution >= 4 is 15.9 Å². The summed E-state index contributed by atoms with van der Waals surface area (Å²) in [5.41, 5.74) is 2.59. The summed E-state index contributed by atoms with van der Waals surface area (Å²) in [7, 11) is 0. The van der Waals surface area contributed by atoms with Gasteiger partial charge in [-0.2, -0.15) is 5.10 Å². The van der Waals surface area contributed by atoms with Crippen LogP contribution in [0.4, 0.5) is 0 Å². The first-order valence-corrected chi connectivity index (χ1v) is 5.49. The topological polar surface area (TPSA) is 17.8 Å². The molecule has 12 heavy (non-hydrogen) atoms. The highest BCUT2D eigenvalue weighted by Crippen LogP contribution is 2.11. The Balaban J connectivity index is 2.66. The zero-order valence-corrected chi connectivity index (χ0v) is 9.26. The lowest BCUT2D eigenvalue weighted by Gasteiger charge is -2.02. The van der Waals surface area contributed by atoms with E-state index in [9.17, 15) is 0 Å². The Morgan fingerprint density at radius 2 is 2.33 bits per heavy atom. The van der Waals surface area contributed by atoms with E-state index in [4.69, 9.17) is 0 Å². The molecule has 68 valence electrons.